The van der Waals surface area contributed by atoms with Crippen LogP contribution in [0.2, 0.25) is 0 Å². The lowest BCUT2D eigenvalue weighted by molar-refractivity contribution is -0.138. The van der Waals surface area contributed by atoms with Crippen molar-refractivity contribution in [2.24, 2.45) is 0 Å². The molecule has 0 unspecified atom stereocenters. The Labute approximate surface area is 158 Å². The van der Waals surface area contributed by atoms with E-state index in [0.717, 1.165) is 51.4 Å². The van der Waals surface area contributed by atoms with Crippen molar-refractivity contribution in [3.05, 3.63) is 24.8 Å². The van der Waals surface area contributed by atoms with E-state index >= 15 is 0 Å². The van der Waals surface area contributed by atoms with E-state index in [1.165, 1.54) is 31.8 Å². The zero-order valence-electron chi connectivity index (χ0n) is 16.0. The van der Waals surface area contributed by atoms with E-state index in [1.807, 2.05) is 0 Å². The number of carbonyl (C=O) groups is 2. The average molecular weight is 366 g/mol. The molecule has 0 amide bonds. The Morgan fingerprint density at radius 3 is 1.35 bits per heavy atom. The minimum absolute atomic E-state index is 0.302. The van der Waals surface area contributed by atoms with Crippen LogP contribution in [0.15, 0.2) is 24.8 Å². The third kappa shape index (κ3) is 29.9. The molecule has 5 heteroatoms. The topological polar surface area (TPSA) is 98.4 Å². The Balaban J connectivity index is 0. The fourth-order valence-electron chi connectivity index (χ4n) is 2.37. The summed E-state index contributed by atoms with van der Waals surface area (Å²) in [6.45, 7) is 3.12. The third-order valence-electron chi connectivity index (χ3n) is 3.78. The Morgan fingerprint density at radius 1 is 0.731 bits per heavy atom. The number of allylic oxidation sites excluding steroid dienone is 3. The van der Waals surface area contributed by atoms with Gasteiger partial charge in [0.15, 0.2) is 0 Å². The van der Waals surface area contributed by atoms with Crippen molar-refractivity contribution in [3.63, 3.8) is 0 Å². The fraction of sp³-hybridized carbons (Fsp3) is 0.667. The summed E-state index contributed by atoms with van der Waals surface area (Å²) < 4.78 is 0. The number of carboxylic acid groups (broad SMARTS) is 2. The first-order chi connectivity index (χ1) is 12.5. The van der Waals surface area contributed by atoms with Gasteiger partial charge in [-0.3, -0.25) is 9.59 Å². The summed E-state index contributed by atoms with van der Waals surface area (Å²) in [6, 6.07) is 1.69. The number of carboxylic acids is 2. The number of hydrogen-bond acceptors (Lipinski definition) is 3. The molecule has 0 aliphatic heterocycles. The van der Waals surface area contributed by atoms with Gasteiger partial charge < -0.3 is 10.2 Å². The van der Waals surface area contributed by atoms with Crippen molar-refractivity contribution in [1.82, 2.24) is 0 Å². The van der Waals surface area contributed by atoms with Crippen LogP contribution < -0.4 is 0 Å². The van der Waals surface area contributed by atoms with Crippen LogP contribution in [-0.2, 0) is 9.59 Å². The molecule has 2 N–H and O–H groups in total. The van der Waals surface area contributed by atoms with Crippen LogP contribution in [0.1, 0.15) is 89.9 Å². The zero-order chi connectivity index (χ0) is 19.9. The number of nitriles is 1. The molecule has 0 saturated carbocycles. The summed E-state index contributed by atoms with van der Waals surface area (Å²) in [5.41, 5.74) is 0. The number of nitrogens with zero attached hydrogens (tertiary/aromatic N) is 1. The molecule has 0 aliphatic carbocycles. The number of rotatable bonds is 16. The van der Waals surface area contributed by atoms with Crippen LogP contribution in [0.3, 0.4) is 0 Å². The minimum Gasteiger partial charge on any atom is -0.481 e. The Hall–Kier alpha value is -2.09. The van der Waals surface area contributed by atoms with Crippen LogP contribution in [0.4, 0.5) is 0 Å². The highest BCUT2D eigenvalue weighted by atomic mass is 16.4. The van der Waals surface area contributed by atoms with Crippen molar-refractivity contribution >= 4 is 11.9 Å². The minimum atomic E-state index is -0.690. The van der Waals surface area contributed by atoms with Gasteiger partial charge in [0.25, 0.3) is 0 Å². The van der Waals surface area contributed by atoms with E-state index in [2.05, 4.69) is 18.7 Å². The lowest BCUT2D eigenvalue weighted by atomic mass is 10.1. The van der Waals surface area contributed by atoms with Gasteiger partial charge in [-0.2, -0.15) is 5.26 Å². The predicted octanol–water partition coefficient (Wildman–Crippen LogP) is 5.87. The molecule has 0 atom stereocenters. The molecule has 0 spiro atoms. The zero-order valence-corrected chi connectivity index (χ0v) is 16.0. The van der Waals surface area contributed by atoms with Gasteiger partial charge in [0.2, 0.25) is 0 Å². The van der Waals surface area contributed by atoms with Crippen molar-refractivity contribution in [2.75, 3.05) is 0 Å². The molecule has 0 fully saturated rings. The molecule has 0 aromatic carbocycles. The molecule has 148 valence electrons. The standard InChI is InChI=1S/C18H32O4.C3H3N/c19-17(20)15-13-11-9-7-5-3-1-2-4-6-8-10-12-14-16-18(21)22;1-2-3-4/h1-2H,3-16H2,(H,19,20)(H,21,22);2H,1H2/b2-1-;. The van der Waals surface area contributed by atoms with E-state index in [9.17, 15) is 9.59 Å². The second-order valence-electron chi connectivity index (χ2n) is 6.20. The maximum Gasteiger partial charge on any atom is 0.303 e. The molecule has 0 radical (unpaired) electrons. The van der Waals surface area contributed by atoms with Gasteiger partial charge >= 0.3 is 11.9 Å². The normalized spacial score (nSPS) is 9.96. The van der Waals surface area contributed by atoms with E-state index in [-0.39, 0.29) is 0 Å². The highest BCUT2D eigenvalue weighted by molar-refractivity contribution is 5.66. The molecule has 0 saturated heterocycles. The van der Waals surface area contributed by atoms with Crippen molar-refractivity contribution in [2.45, 2.75) is 89.9 Å². The Bertz CT molecular complexity index is 394. The Kier molecular flexibility index (Phi) is 23.0. The molecule has 0 bridgehead atoms. The first-order valence-corrected chi connectivity index (χ1v) is 9.63. The van der Waals surface area contributed by atoms with Crippen LogP contribution in [-0.4, -0.2) is 22.2 Å². The van der Waals surface area contributed by atoms with Gasteiger partial charge in [-0.1, -0.05) is 57.3 Å². The van der Waals surface area contributed by atoms with E-state index < -0.39 is 11.9 Å². The summed E-state index contributed by atoms with van der Waals surface area (Å²) in [4.78, 5) is 20.7. The second-order valence-corrected chi connectivity index (χ2v) is 6.20. The summed E-state index contributed by atoms with van der Waals surface area (Å²) in [6.07, 6.45) is 19.2. The largest absolute Gasteiger partial charge is 0.481 e. The molecule has 0 rings (SSSR count). The summed E-state index contributed by atoms with van der Waals surface area (Å²) >= 11 is 0. The molecule has 0 aromatic rings. The first-order valence-electron chi connectivity index (χ1n) is 9.63. The van der Waals surface area contributed by atoms with Crippen LogP contribution >= 0.6 is 0 Å². The van der Waals surface area contributed by atoms with Crippen LogP contribution in [0, 0.1) is 11.3 Å². The van der Waals surface area contributed by atoms with Gasteiger partial charge in [-0.15, -0.1) is 0 Å². The van der Waals surface area contributed by atoms with Gasteiger partial charge in [-0.05, 0) is 38.5 Å². The van der Waals surface area contributed by atoms with E-state index in [4.69, 9.17) is 15.5 Å². The Morgan fingerprint density at radius 2 is 1.04 bits per heavy atom. The van der Waals surface area contributed by atoms with E-state index in [0.29, 0.717) is 12.8 Å². The highest BCUT2D eigenvalue weighted by Crippen LogP contribution is 2.10. The van der Waals surface area contributed by atoms with Gasteiger partial charge in [0, 0.05) is 18.9 Å². The van der Waals surface area contributed by atoms with Gasteiger partial charge in [0.1, 0.15) is 0 Å². The monoisotopic (exact) mass is 365 g/mol. The van der Waals surface area contributed by atoms with Crippen LogP contribution in [0.5, 0.6) is 0 Å². The van der Waals surface area contributed by atoms with Gasteiger partial charge in [0.05, 0.1) is 6.07 Å². The van der Waals surface area contributed by atoms with Gasteiger partial charge in [-0.25, -0.2) is 0 Å². The lowest BCUT2D eigenvalue weighted by Crippen LogP contribution is -1.93. The summed E-state index contributed by atoms with van der Waals surface area (Å²) in [5, 5.41) is 24.5. The van der Waals surface area contributed by atoms with Crippen LogP contribution in [0.25, 0.3) is 0 Å². The smallest absolute Gasteiger partial charge is 0.303 e. The molecule has 5 nitrogen and oxygen atoms in total. The van der Waals surface area contributed by atoms with E-state index in [1.54, 1.807) is 6.07 Å². The highest BCUT2D eigenvalue weighted by Gasteiger charge is 1.96. The SMILES string of the molecule is C=CC#N.O=C(O)CCCCCCC/C=C\CCCCCCCC(=O)O. The number of hydrogen-bond donors (Lipinski definition) is 2. The maximum atomic E-state index is 10.3. The third-order valence-corrected chi connectivity index (χ3v) is 3.78. The number of aliphatic carboxylic acids is 2. The molecule has 0 aromatic heterocycles. The average Bonchev–Trinajstić information content (AvgIpc) is 2.61. The van der Waals surface area contributed by atoms with Crippen molar-refractivity contribution in [1.29, 1.82) is 5.26 Å². The molecular weight excluding hydrogens is 330 g/mol. The molecular formula is C21H35NO4. The second kappa shape index (κ2) is 22.9. The summed E-state index contributed by atoms with van der Waals surface area (Å²) in [7, 11) is 0. The quantitative estimate of drug-likeness (QED) is 0.202. The lowest BCUT2D eigenvalue weighted by Gasteiger charge is -1.99. The fourth-order valence-corrected chi connectivity index (χ4v) is 2.37. The number of unbranched alkanes of at least 4 members (excludes halogenated alkanes) is 10. The summed E-state index contributed by atoms with van der Waals surface area (Å²) in [5.74, 6) is -1.38. The molecule has 0 heterocycles. The maximum absolute atomic E-state index is 10.3. The van der Waals surface area contributed by atoms with Crippen molar-refractivity contribution in [3.8, 4) is 6.07 Å². The predicted molar refractivity (Wildman–Crippen MR) is 105 cm³/mol. The van der Waals surface area contributed by atoms with Crippen molar-refractivity contribution < 1.29 is 19.8 Å². The molecule has 0 aliphatic rings. The molecule has 26 heavy (non-hydrogen) atoms. The first kappa shape index (κ1) is 26.1.